The van der Waals surface area contributed by atoms with E-state index in [1.807, 2.05) is 0 Å². The molecule has 2 aliphatic carbocycles. The molecule has 0 atom stereocenters. The largest absolute Gasteiger partial charge is 0.226 e. The van der Waals surface area contributed by atoms with Crippen LogP contribution in [-0.4, -0.2) is 5.71 Å². The van der Waals surface area contributed by atoms with E-state index in [0.29, 0.717) is 0 Å². The van der Waals surface area contributed by atoms with Crippen LogP contribution in [0.3, 0.4) is 0 Å². The summed E-state index contributed by atoms with van der Waals surface area (Å²) >= 11 is 0. The summed E-state index contributed by atoms with van der Waals surface area (Å²) in [6.07, 6.45) is 0.767. The highest BCUT2D eigenvalue weighted by molar-refractivity contribution is 6.10. The average molecular weight is 416 g/mol. The van der Waals surface area contributed by atoms with E-state index in [0.717, 1.165) is 23.4 Å². The molecule has 0 spiro atoms. The maximum Gasteiger partial charge on any atom is 0.0780 e. The Bertz CT molecular complexity index is 1400. The van der Waals surface area contributed by atoms with Gasteiger partial charge in [-0.2, -0.15) is 10.2 Å². The standard InChI is InChI=1S/C29H25N3/c1-29(2)26-14-8-7-12-23(26)24-16-15-20(18-27(24)29)32(30)31-28-17-19-9-3-4-10-21(19)22-11-5-6-13-25(22)28/h3-16,18H,17,30H2,1-2H3/b31-28+. The smallest absolute Gasteiger partial charge is 0.0780 e. The topological polar surface area (TPSA) is 41.6 Å². The van der Waals surface area contributed by atoms with Gasteiger partial charge in [-0.15, -0.1) is 0 Å². The van der Waals surface area contributed by atoms with Crippen LogP contribution in [0.5, 0.6) is 0 Å². The minimum Gasteiger partial charge on any atom is -0.226 e. The fourth-order valence-electron chi connectivity index (χ4n) is 5.29. The fraction of sp³-hybridized carbons (Fsp3) is 0.138. The summed E-state index contributed by atoms with van der Waals surface area (Å²) in [6, 6.07) is 32.1. The van der Waals surface area contributed by atoms with Crippen molar-refractivity contribution in [2.24, 2.45) is 10.9 Å². The quantitative estimate of drug-likeness (QED) is 0.308. The first-order valence-electron chi connectivity index (χ1n) is 11.1. The number of hydrazine groups is 1. The van der Waals surface area contributed by atoms with Crippen LogP contribution in [0.4, 0.5) is 5.69 Å². The van der Waals surface area contributed by atoms with Crippen LogP contribution >= 0.6 is 0 Å². The van der Waals surface area contributed by atoms with Crippen molar-refractivity contribution in [1.82, 2.24) is 0 Å². The minimum absolute atomic E-state index is 0.0632. The molecule has 0 radical (unpaired) electrons. The maximum atomic E-state index is 6.54. The van der Waals surface area contributed by atoms with Crippen LogP contribution < -0.4 is 11.0 Å². The van der Waals surface area contributed by atoms with Gasteiger partial charge in [0.1, 0.15) is 0 Å². The second-order valence-electron chi connectivity index (χ2n) is 9.17. The lowest BCUT2D eigenvalue weighted by Crippen LogP contribution is -2.28. The fourth-order valence-corrected chi connectivity index (χ4v) is 5.29. The van der Waals surface area contributed by atoms with E-state index in [1.54, 1.807) is 5.12 Å². The molecule has 3 heteroatoms. The summed E-state index contributed by atoms with van der Waals surface area (Å²) < 4.78 is 0. The van der Waals surface area contributed by atoms with Gasteiger partial charge in [0.2, 0.25) is 0 Å². The van der Waals surface area contributed by atoms with Crippen LogP contribution in [0.1, 0.15) is 36.1 Å². The number of hydrogen-bond donors (Lipinski definition) is 1. The van der Waals surface area contributed by atoms with Gasteiger partial charge in [-0.25, -0.2) is 5.84 Å². The molecule has 0 fully saturated rings. The molecule has 0 bridgehead atoms. The van der Waals surface area contributed by atoms with E-state index in [4.69, 9.17) is 10.9 Å². The monoisotopic (exact) mass is 415 g/mol. The zero-order chi connectivity index (χ0) is 21.9. The molecule has 0 unspecified atom stereocenters. The Morgan fingerprint density at radius 3 is 2.12 bits per heavy atom. The van der Waals surface area contributed by atoms with Crippen molar-refractivity contribution in [2.45, 2.75) is 25.7 Å². The van der Waals surface area contributed by atoms with Crippen molar-refractivity contribution in [3.63, 3.8) is 0 Å². The van der Waals surface area contributed by atoms with Gasteiger partial charge in [0.25, 0.3) is 0 Å². The zero-order valence-electron chi connectivity index (χ0n) is 18.3. The molecular weight excluding hydrogens is 390 g/mol. The van der Waals surface area contributed by atoms with Gasteiger partial charge < -0.3 is 0 Å². The lowest BCUT2D eigenvalue weighted by Gasteiger charge is -2.25. The summed E-state index contributed by atoms with van der Waals surface area (Å²) in [7, 11) is 0. The number of rotatable bonds is 2. The first kappa shape index (κ1) is 19.0. The van der Waals surface area contributed by atoms with Crippen LogP contribution in [-0.2, 0) is 11.8 Å². The molecule has 4 aromatic carbocycles. The maximum absolute atomic E-state index is 6.54. The summed E-state index contributed by atoms with van der Waals surface area (Å²) in [6.45, 7) is 4.56. The first-order valence-corrected chi connectivity index (χ1v) is 11.1. The van der Waals surface area contributed by atoms with Crippen LogP contribution in [0, 0.1) is 0 Å². The molecule has 32 heavy (non-hydrogen) atoms. The average Bonchev–Trinajstić information content (AvgIpc) is 3.06. The number of hydrogen-bond acceptors (Lipinski definition) is 3. The molecule has 0 aliphatic heterocycles. The van der Waals surface area contributed by atoms with Gasteiger partial charge in [-0.3, -0.25) is 0 Å². The van der Waals surface area contributed by atoms with Gasteiger partial charge in [-0.05, 0) is 51.1 Å². The summed E-state index contributed by atoms with van der Waals surface area (Å²) in [4.78, 5) is 0. The Balaban J connectivity index is 1.42. The predicted molar refractivity (Wildman–Crippen MR) is 133 cm³/mol. The Kier molecular flexibility index (Phi) is 4.11. The van der Waals surface area contributed by atoms with Crippen LogP contribution in [0.15, 0.2) is 96.1 Å². The number of fused-ring (bicyclic) bond motifs is 6. The van der Waals surface area contributed by atoms with E-state index in [9.17, 15) is 0 Å². The van der Waals surface area contributed by atoms with Gasteiger partial charge in [-0.1, -0.05) is 92.7 Å². The predicted octanol–water partition coefficient (Wildman–Crippen LogP) is 6.30. The van der Waals surface area contributed by atoms with Crippen molar-refractivity contribution in [2.75, 3.05) is 5.12 Å². The third-order valence-corrected chi connectivity index (χ3v) is 6.96. The summed E-state index contributed by atoms with van der Waals surface area (Å²) in [5, 5.41) is 6.44. The van der Waals surface area contributed by atoms with Gasteiger partial charge in [0.05, 0.1) is 11.4 Å². The Morgan fingerprint density at radius 1 is 0.688 bits per heavy atom. The number of nitrogens with two attached hydrogens (primary N) is 1. The third-order valence-electron chi connectivity index (χ3n) is 6.96. The molecule has 2 aliphatic rings. The van der Waals surface area contributed by atoms with E-state index in [-0.39, 0.29) is 5.41 Å². The highest BCUT2D eigenvalue weighted by Crippen LogP contribution is 2.49. The molecule has 0 amide bonds. The molecular formula is C29H25N3. The van der Waals surface area contributed by atoms with E-state index in [2.05, 4.69) is 105 Å². The van der Waals surface area contributed by atoms with Crippen molar-refractivity contribution < 1.29 is 0 Å². The Labute approximate surface area is 188 Å². The molecule has 0 heterocycles. The number of nitrogens with zero attached hydrogens (tertiary/aromatic N) is 2. The van der Waals surface area contributed by atoms with Crippen molar-refractivity contribution in [1.29, 1.82) is 0 Å². The van der Waals surface area contributed by atoms with Crippen molar-refractivity contribution in [3.05, 3.63) is 113 Å². The molecule has 156 valence electrons. The Hall–Kier alpha value is -3.69. The van der Waals surface area contributed by atoms with Crippen LogP contribution in [0.25, 0.3) is 22.3 Å². The molecule has 0 saturated heterocycles. The number of benzene rings is 4. The summed E-state index contributed by atoms with van der Waals surface area (Å²) in [5.74, 6) is 6.54. The van der Waals surface area contributed by atoms with Gasteiger partial charge in [0, 0.05) is 17.4 Å². The molecule has 4 aromatic rings. The van der Waals surface area contributed by atoms with E-state index < -0.39 is 0 Å². The van der Waals surface area contributed by atoms with Crippen molar-refractivity contribution >= 4 is 11.4 Å². The number of anilines is 1. The molecule has 0 aromatic heterocycles. The zero-order valence-corrected chi connectivity index (χ0v) is 18.3. The molecule has 0 saturated carbocycles. The Morgan fingerprint density at radius 2 is 1.31 bits per heavy atom. The van der Waals surface area contributed by atoms with E-state index >= 15 is 0 Å². The van der Waals surface area contributed by atoms with Gasteiger partial charge in [0.15, 0.2) is 0 Å². The van der Waals surface area contributed by atoms with Crippen LogP contribution in [0.2, 0.25) is 0 Å². The second kappa shape index (κ2) is 6.91. The normalized spacial score (nSPS) is 16.2. The minimum atomic E-state index is -0.0632. The third kappa shape index (κ3) is 2.75. The second-order valence-corrected chi connectivity index (χ2v) is 9.17. The highest BCUT2D eigenvalue weighted by Gasteiger charge is 2.35. The molecule has 3 nitrogen and oxygen atoms in total. The molecule has 2 N–H and O–H groups in total. The molecule has 6 rings (SSSR count). The highest BCUT2D eigenvalue weighted by atomic mass is 15.6. The van der Waals surface area contributed by atoms with Crippen molar-refractivity contribution in [3.8, 4) is 22.3 Å². The lowest BCUT2D eigenvalue weighted by atomic mass is 9.82. The first-order chi connectivity index (χ1) is 15.5. The van der Waals surface area contributed by atoms with E-state index in [1.165, 1.54) is 38.9 Å². The van der Waals surface area contributed by atoms with Gasteiger partial charge >= 0.3 is 0 Å². The summed E-state index contributed by atoms with van der Waals surface area (Å²) in [5.41, 5.74) is 12.0. The SMILES string of the molecule is CC1(C)c2ccccc2-c2ccc(N(N)/N=C3\Cc4ccccc4-c4ccccc43)cc21. The lowest BCUT2D eigenvalue weighted by molar-refractivity contribution is 0.660. The number of hydrazone groups is 1.